The summed E-state index contributed by atoms with van der Waals surface area (Å²) in [6.45, 7) is 4.04. The molecule has 19 heavy (non-hydrogen) atoms. The van der Waals surface area contributed by atoms with Crippen molar-refractivity contribution in [3.63, 3.8) is 0 Å². The van der Waals surface area contributed by atoms with Crippen molar-refractivity contribution in [2.75, 3.05) is 0 Å². The number of sulfonamides is 1. The van der Waals surface area contributed by atoms with E-state index in [1.165, 1.54) is 6.07 Å². The quantitative estimate of drug-likeness (QED) is 0.888. The van der Waals surface area contributed by atoms with E-state index in [1.54, 1.807) is 18.2 Å². The van der Waals surface area contributed by atoms with Gasteiger partial charge >= 0.3 is 0 Å². The van der Waals surface area contributed by atoms with E-state index in [-0.39, 0.29) is 23.0 Å². The summed E-state index contributed by atoms with van der Waals surface area (Å²) in [5.41, 5.74) is 0.635. The average Bonchev–Trinajstić information content (AvgIpc) is 2.67. The van der Waals surface area contributed by atoms with Gasteiger partial charge in [-0.1, -0.05) is 32.0 Å². The topological polar surface area (TPSA) is 66.4 Å². The number of benzene rings is 1. The third-order valence-electron chi connectivity index (χ3n) is 3.72. The molecule has 1 fully saturated rings. The minimum absolute atomic E-state index is 0.00764. The normalized spacial score (nSPS) is 22.6. The van der Waals surface area contributed by atoms with Crippen LogP contribution < -0.4 is 4.72 Å². The molecule has 1 aromatic carbocycles. The molecule has 106 valence electrons. The van der Waals surface area contributed by atoms with Crippen molar-refractivity contribution in [2.45, 2.75) is 50.7 Å². The Morgan fingerprint density at radius 1 is 1.37 bits per heavy atom. The van der Waals surface area contributed by atoms with Crippen LogP contribution in [-0.4, -0.2) is 19.6 Å². The van der Waals surface area contributed by atoms with Crippen molar-refractivity contribution >= 4 is 10.0 Å². The van der Waals surface area contributed by atoms with Gasteiger partial charge in [-0.05, 0) is 36.3 Å². The fourth-order valence-electron chi connectivity index (χ4n) is 2.72. The molecule has 1 aliphatic carbocycles. The van der Waals surface area contributed by atoms with Crippen LogP contribution >= 0.6 is 0 Å². The van der Waals surface area contributed by atoms with Gasteiger partial charge in [0, 0.05) is 6.04 Å². The number of aliphatic hydroxyl groups excluding tert-OH is 1. The molecular formula is C14H21NO3S. The van der Waals surface area contributed by atoms with E-state index in [0.29, 0.717) is 5.56 Å². The second-order valence-corrected chi connectivity index (χ2v) is 7.67. The van der Waals surface area contributed by atoms with E-state index in [0.717, 1.165) is 19.3 Å². The Kier molecular flexibility index (Phi) is 3.99. The minimum atomic E-state index is -3.55. The van der Waals surface area contributed by atoms with Gasteiger partial charge < -0.3 is 5.11 Å². The molecule has 0 radical (unpaired) electrons. The molecule has 0 bridgehead atoms. The summed E-state index contributed by atoms with van der Waals surface area (Å²) < 4.78 is 27.5. The van der Waals surface area contributed by atoms with Crippen LogP contribution in [0.5, 0.6) is 0 Å². The van der Waals surface area contributed by atoms with Crippen molar-refractivity contribution in [3.05, 3.63) is 29.8 Å². The first-order valence-electron chi connectivity index (χ1n) is 6.55. The standard InChI is InChI=1S/C14H21NO3S/c1-14(2)8-7-12(9-14)15-19(17,18)13-6-4-3-5-11(13)10-16/h3-6,12,15-16H,7-10H2,1-2H3. The predicted molar refractivity (Wildman–Crippen MR) is 74.1 cm³/mol. The lowest BCUT2D eigenvalue weighted by Crippen LogP contribution is -2.34. The highest BCUT2D eigenvalue weighted by molar-refractivity contribution is 7.89. The Labute approximate surface area is 114 Å². The van der Waals surface area contributed by atoms with E-state index >= 15 is 0 Å². The second-order valence-electron chi connectivity index (χ2n) is 5.99. The number of rotatable bonds is 4. The Morgan fingerprint density at radius 3 is 2.63 bits per heavy atom. The van der Waals surface area contributed by atoms with Crippen LogP contribution in [0.25, 0.3) is 0 Å². The molecule has 0 spiro atoms. The number of hydrogen-bond acceptors (Lipinski definition) is 3. The van der Waals surface area contributed by atoms with Crippen LogP contribution in [0.15, 0.2) is 29.2 Å². The molecule has 0 aromatic heterocycles. The molecule has 4 nitrogen and oxygen atoms in total. The van der Waals surface area contributed by atoms with Crippen molar-refractivity contribution in [3.8, 4) is 0 Å². The molecule has 1 aliphatic rings. The largest absolute Gasteiger partial charge is 0.392 e. The van der Waals surface area contributed by atoms with Crippen molar-refractivity contribution in [1.82, 2.24) is 4.72 Å². The zero-order valence-electron chi connectivity index (χ0n) is 11.4. The highest BCUT2D eigenvalue weighted by atomic mass is 32.2. The number of hydrogen-bond donors (Lipinski definition) is 2. The highest BCUT2D eigenvalue weighted by Gasteiger charge is 2.33. The molecule has 2 N–H and O–H groups in total. The van der Waals surface area contributed by atoms with Gasteiger partial charge in [0.25, 0.3) is 0 Å². The predicted octanol–water partition coefficient (Wildman–Crippen LogP) is 2.04. The van der Waals surface area contributed by atoms with Gasteiger partial charge in [-0.3, -0.25) is 0 Å². The van der Waals surface area contributed by atoms with Crippen LogP contribution in [0.2, 0.25) is 0 Å². The summed E-state index contributed by atoms with van der Waals surface area (Å²) in [5.74, 6) is 0. The molecule has 1 saturated carbocycles. The summed E-state index contributed by atoms with van der Waals surface area (Å²) in [4.78, 5) is 0.183. The molecule has 1 atom stereocenters. The third-order valence-corrected chi connectivity index (χ3v) is 5.34. The van der Waals surface area contributed by atoms with Gasteiger partial charge in [0.2, 0.25) is 10.0 Å². The Morgan fingerprint density at radius 2 is 2.05 bits per heavy atom. The Bertz CT molecular complexity index is 552. The molecule has 0 amide bonds. The number of aliphatic hydroxyl groups is 1. The monoisotopic (exact) mass is 283 g/mol. The fourth-order valence-corrected chi connectivity index (χ4v) is 4.22. The van der Waals surface area contributed by atoms with Crippen LogP contribution in [0, 0.1) is 5.41 Å². The van der Waals surface area contributed by atoms with Crippen LogP contribution in [0.1, 0.15) is 38.7 Å². The van der Waals surface area contributed by atoms with E-state index in [9.17, 15) is 13.5 Å². The second kappa shape index (κ2) is 5.23. The maximum absolute atomic E-state index is 12.4. The Hall–Kier alpha value is -0.910. The van der Waals surface area contributed by atoms with Crippen molar-refractivity contribution < 1.29 is 13.5 Å². The fraction of sp³-hybridized carbons (Fsp3) is 0.571. The van der Waals surface area contributed by atoms with E-state index in [1.807, 2.05) is 0 Å². The summed E-state index contributed by atoms with van der Waals surface area (Å²) in [5, 5.41) is 9.23. The lowest BCUT2D eigenvalue weighted by atomic mass is 9.92. The molecular weight excluding hydrogens is 262 g/mol. The lowest BCUT2D eigenvalue weighted by molar-refractivity contribution is 0.278. The summed E-state index contributed by atoms with van der Waals surface area (Å²) >= 11 is 0. The highest BCUT2D eigenvalue weighted by Crippen LogP contribution is 2.37. The molecule has 2 rings (SSSR count). The average molecular weight is 283 g/mol. The summed E-state index contributed by atoms with van der Waals surface area (Å²) in [6.07, 6.45) is 2.75. The van der Waals surface area contributed by atoms with Gasteiger partial charge in [0.05, 0.1) is 11.5 Å². The molecule has 0 saturated heterocycles. The van der Waals surface area contributed by atoms with Crippen LogP contribution in [-0.2, 0) is 16.6 Å². The van der Waals surface area contributed by atoms with Gasteiger partial charge in [-0.15, -0.1) is 0 Å². The first-order valence-corrected chi connectivity index (χ1v) is 8.03. The van der Waals surface area contributed by atoms with E-state index < -0.39 is 10.0 Å². The molecule has 0 aliphatic heterocycles. The number of nitrogens with one attached hydrogen (secondary N) is 1. The maximum Gasteiger partial charge on any atom is 0.241 e. The van der Waals surface area contributed by atoms with Gasteiger partial charge in [-0.2, -0.15) is 0 Å². The zero-order valence-corrected chi connectivity index (χ0v) is 12.2. The molecule has 0 heterocycles. The van der Waals surface area contributed by atoms with Crippen LogP contribution in [0.4, 0.5) is 0 Å². The summed E-state index contributed by atoms with van der Waals surface area (Å²) in [6, 6.07) is 6.56. The van der Waals surface area contributed by atoms with Crippen molar-refractivity contribution in [2.24, 2.45) is 5.41 Å². The Balaban J connectivity index is 2.19. The molecule has 1 unspecified atom stereocenters. The summed E-state index contributed by atoms with van der Waals surface area (Å²) in [7, 11) is -3.55. The first-order chi connectivity index (χ1) is 8.84. The van der Waals surface area contributed by atoms with E-state index in [4.69, 9.17) is 0 Å². The smallest absolute Gasteiger partial charge is 0.241 e. The van der Waals surface area contributed by atoms with Gasteiger partial charge in [0.15, 0.2) is 0 Å². The molecule has 1 aromatic rings. The minimum Gasteiger partial charge on any atom is -0.392 e. The van der Waals surface area contributed by atoms with Crippen molar-refractivity contribution in [1.29, 1.82) is 0 Å². The third kappa shape index (κ3) is 3.35. The molecule has 5 heteroatoms. The zero-order chi connectivity index (χ0) is 14.1. The van der Waals surface area contributed by atoms with E-state index in [2.05, 4.69) is 18.6 Å². The van der Waals surface area contributed by atoms with Crippen LogP contribution in [0.3, 0.4) is 0 Å². The maximum atomic E-state index is 12.4. The van der Waals surface area contributed by atoms with Gasteiger partial charge in [0.1, 0.15) is 0 Å². The SMILES string of the molecule is CC1(C)CCC(NS(=O)(=O)c2ccccc2CO)C1. The van der Waals surface area contributed by atoms with Gasteiger partial charge in [-0.25, -0.2) is 13.1 Å². The first kappa shape index (κ1) is 14.5. The lowest BCUT2D eigenvalue weighted by Gasteiger charge is -2.18.